The third-order valence-electron chi connectivity index (χ3n) is 3.55. The number of aromatic nitrogens is 1. The number of fused-ring (bicyclic) bond motifs is 1. The number of benzene rings is 2. The first-order valence-corrected chi connectivity index (χ1v) is 7.38. The van der Waals surface area contributed by atoms with E-state index in [0.717, 1.165) is 10.9 Å². The Labute approximate surface area is 137 Å². The molecule has 0 aliphatic carbocycles. The summed E-state index contributed by atoms with van der Waals surface area (Å²) in [5.74, 6) is -1.60. The number of esters is 1. The van der Waals surface area contributed by atoms with Crippen molar-refractivity contribution in [2.45, 2.75) is 13.0 Å². The van der Waals surface area contributed by atoms with Gasteiger partial charge in [-0.15, -0.1) is 0 Å². The van der Waals surface area contributed by atoms with Gasteiger partial charge in [0.25, 0.3) is 5.91 Å². The molecule has 3 aromatic rings. The van der Waals surface area contributed by atoms with Crippen molar-refractivity contribution in [1.29, 1.82) is 0 Å². The normalized spacial score (nSPS) is 11.9. The van der Waals surface area contributed by atoms with Gasteiger partial charge in [0.15, 0.2) is 6.10 Å². The number of nitrogens with one attached hydrogen (secondary N) is 2. The Bertz CT molecular complexity index is 904. The summed E-state index contributed by atoms with van der Waals surface area (Å²) in [6.07, 6.45) is 0.527. The van der Waals surface area contributed by atoms with E-state index in [4.69, 9.17) is 4.74 Å². The second kappa shape index (κ2) is 6.54. The van der Waals surface area contributed by atoms with Crippen LogP contribution in [-0.2, 0) is 9.53 Å². The van der Waals surface area contributed by atoms with Gasteiger partial charge in [-0.05, 0) is 31.2 Å². The quantitative estimate of drug-likeness (QED) is 0.721. The fraction of sp³-hybridized carbons (Fsp3) is 0.111. The first-order valence-electron chi connectivity index (χ1n) is 7.38. The Morgan fingerprint density at radius 3 is 2.75 bits per heavy atom. The Morgan fingerprint density at radius 2 is 1.96 bits per heavy atom. The zero-order valence-electron chi connectivity index (χ0n) is 12.9. The van der Waals surface area contributed by atoms with Crippen molar-refractivity contribution in [3.05, 3.63) is 66.1 Å². The lowest BCUT2D eigenvalue weighted by atomic mass is 10.2. The summed E-state index contributed by atoms with van der Waals surface area (Å²) in [5, 5.41) is 3.23. The predicted octanol–water partition coefficient (Wildman–Crippen LogP) is 3.49. The van der Waals surface area contributed by atoms with Gasteiger partial charge in [0.1, 0.15) is 5.82 Å². The molecule has 1 atom stereocenters. The number of amides is 1. The van der Waals surface area contributed by atoms with E-state index in [1.807, 2.05) is 18.2 Å². The van der Waals surface area contributed by atoms with Crippen LogP contribution in [0.3, 0.4) is 0 Å². The lowest BCUT2D eigenvalue weighted by molar-refractivity contribution is -0.123. The molecule has 0 saturated heterocycles. The second-order valence-electron chi connectivity index (χ2n) is 5.30. The first-order chi connectivity index (χ1) is 11.5. The Morgan fingerprint density at radius 1 is 1.17 bits per heavy atom. The van der Waals surface area contributed by atoms with Crippen molar-refractivity contribution >= 4 is 28.5 Å². The van der Waals surface area contributed by atoms with Crippen LogP contribution in [0, 0.1) is 5.82 Å². The summed E-state index contributed by atoms with van der Waals surface area (Å²) in [4.78, 5) is 27.3. The van der Waals surface area contributed by atoms with Crippen molar-refractivity contribution in [2.75, 3.05) is 5.32 Å². The lowest BCUT2D eigenvalue weighted by Crippen LogP contribution is -2.30. The number of halogens is 1. The molecule has 122 valence electrons. The van der Waals surface area contributed by atoms with Crippen molar-refractivity contribution in [3.8, 4) is 0 Å². The van der Waals surface area contributed by atoms with Crippen LogP contribution in [0.2, 0.25) is 0 Å². The molecule has 0 bridgehead atoms. The standard InChI is InChI=1S/C18H15FN2O3/c1-11(17(22)21-13-6-4-5-12(19)9-13)24-18(23)15-10-20-16-8-3-2-7-14(15)16/h2-11,20H,1H3,(H,21,22)/t11-/m1/s1. The van der Waals surface area contributed by atoms with Crippen LogP contribution in [0.25, 0.3) is 10.9 Å². The van der Waals surface area contributed by atoms with E-state index in [-0.39, 0.29) is 0 Å². The maximum Gasteiger partial charge on any atom is 0.341 e. The van der Waals surface area contributed by atoms with Crippen molar-refractivity contribution in [3.63, 3.8) is 0 Å². The zero-order valence-corrected chi connectivity index (χ0v) is 12.9. The number of hydrogen-bond donors (Lipinski definition) is 2. The van der Waals surface area contributed by atoms with E-state index in [9.17, 15) is 14.0 Å². The summed E-state index contributed by atoms with van der Waals surface area (Å²) >= 11 is 0. The highest BCUT2D eigenvalue weighted by molar-refractivity contribution is 6.05. The van der Waals surface area contributed by atoms with Gasteiger partial charge in [-0.1, -0.05) is 24.3 Å². The van der Waals surface area contributed by atoms with E-state index in [1.54, 1.807) is 18.3 Å². The summed E-state index contributed by atoms with van der Waals surface area (Å²) in [7, 11) is 0. The molecule has 1 aromatic heterocycles. The Kier molecular flexibility index (Phi) is 4.29. The molecule has 0 spiro atoms. The van der Waals surface area contributed by atoms with Gasteiger partial charge >= 0.3 is 5.97 Å². The van der Waals surface area contributed by atoms with Gasteiger partial charge < -0.3 is 15.0 Å². The molecule has 2 N–H and O–H groups in total. The fourth-order valence-corrected chi connectivity index (χ4v) is 2.33. The molecule has 2 aromatic carbocycles. The predicted molar refractivity (Wildman–Crippen MR) is 88.2 cm³/mol. The lowest BCUT2D eigenvalue weighted by Gasteiger charge is -2.13. The van der Waals surface area contributed by atoms with Gasteiger partial charge in [-0.2, -0.15) is 0 Å². The number of para-hydroxylation sites is 1. The van der Waals surface area contributed by atoms with Gasteiger partial charge in [-0.25, -0.2) is 9.18 Å². The topological polar surface area (TPSA) is 71.2 Å². The number of anilines is 1. The number of carbonyl (C=O) groups excluding carboxylic acids is 2. The summed E-state index contributed by atoms with van der Waals surface area (Å²) < 4.78 is 18.3. The van der Waals surface area contributed by atoms with Gasteiger partial charge in [0.2, 0.25) is 0 Å². The van der Waals surface area contributed by atoms with E-state index in [2.05, 4.69) is 10.3 Å². The molecule has 0 aliphatic heterocycles. The van der Waals surface area contributed by atoms with Gasteiger partial charge in [0, 0.05) is 22.8 Å². The maximum absolute atomic E-state index is 13.1. The molecule has 0 unspecified atom stereocenters. The van der Waals surface area contributed by atoms with E-state index in [0.29, 0.717) is 11.3 Å². The van der Waals surface area contributed by atoms with E-state index >= 15 is 0 Å². The number of rotatable bonds is 4. The number of H-pyrrole nitrogens is 1. The number of hydrogen-bond acceptors (Lipinski definition) is 3. The average Bonchev–Trinajstić information content (AvgIpc) is 2.99. The first kappa shape index (κ1) is 15.7. The maximum atomic E-state index is 13.1. The third-order valence-corrected chi connectivity index (χ3v) is 3.55. The van der Waals surface area contributed by atoms with Crippen LogP contribution < -0.4 is 5.32 Å². The molecule has 24 heavy (non-hydrogen) atoms. The summed E-state index contributed by atoms with van der Waals surface area (Å²) in [6, 6.07) is 12.8. The molecule has 5 nitrogen and oxygen atoms in total. The highest BCUT2D eigenvalue weighted by Gasteiger charge is 2.21. The molecule has 6 heteroatoms. The molecule has 1 amide bonds. The van der Waals surface area contributed by atoms with Gasteiger partial charge in [-0.3, -0.25) is 4.79 Å². The second-order valence-corrected chi connectivity index (χ2v) is 5.30. The fourth-order valence-electron chi connectivity index (χ4n) is 2.33. The van der Waals surface area contributed by atoms with Crippen LogP contribution in [0.4, 0.5) is 10.1 Å². The highest BCUT2D eigenvalue weighted by Crippen LogP contribution is 2.19. The third kappa shape index (κ3) is 3.27. The van der Waals surface area contributed by atoms with Crippen molar-refractivity contribution in [2.24, 2.45) is 0 Å². The molecular weight excluding hydrogens is 311 g/mol. The Balaban J connectivity index is 1.68. The molecule has 0 radical (unpaired) electrons. The van der Waals surface area contributed by atoms with Crippen LogP contribution in [0.1, 0.15) is 17.3 Å². The number of carbonyl (C=O) groups is 2. The van der Waals surface area contributed by atoms with Crippen LogP contribution in [0.15, 0.2) is 54.7 Å². The number of aromatic amines is 1. The van der Waals surface area contributed by atoms with Crippen molar-refractivity contribution < 1.29 is 18.7 Å². The largest absolute Gasteiger partial charge is 0.449 e. The van der Waals surface area contributed by atoms with Crippen LogP contribution in [0.5, 0.6) is 0 Å². The zero-order chi connectivity index (χ0) is 17.1. The Hall–Kier alpha value is -3.15. The van der Waals surface area contributed by atoms with Crippen molar-refractivity contribution in [1.82, 2.24) is 4.98 Å². The molecule has 0 saturated carbocycles. The van der Waals surface area contributed by atoms with Crippen LogP contribution in [-0.4, -0.2) is 23.0 Å². The smallest absolute Gasteiger partial charge is 0.341 e. The molecule has 1 heterocycles. The number of ether oxygens (including phenoxy) is 1. The molecule has 3 rings (SSSR count). The monoisotopic (exact) mass is 326 g/mol. The minimum Gasteiger partial charge on any atom is -0.449 e. The summed E-state index contributed by atoms with van der Waals surface area (Å²) in [6.45, 7) is 1.46. The average molecular weight is 326 g/mol. The summed E-state index contributed by atoms with van der Waals surface area (Å²) in [5.41, 5.74) is 1.47. The molecule has 0 fully saturated rings. The minimum absolute atomic E-state index is 0.301. The molecular formula is C18H15FN2O3. The molecule has 0 aliphatic rings. The SMILES string of the molecule is C[C@@H](OC(=O)c1c[nH]c2ccccc12)C(=O)Nc1cccc(F)c1. The van der Waals surface area contributed by atoms with E-state index < -0.39 is 23.8 Å². The minimum atomic E-state index is -1.02. The highest BCUT2D eigenvalue weighted by atomic mass is 19.1. The van der Waals surface area contributed by atoms with Gasteiger partial charge in [0.05, 0.1) is 5.56 Å². The van der Waals surface area contributed by atoms with Crippen LogP contribution >= 0.6 is 0 Å². The van der Waals surface area contributed by atoms with E-state index in [1.165, 1.54) is 25.1 Å².